The lowest BCUT2D eigenvalue weighted by Gasteiger charge is -2.11. The molecule has 4 rings (SSSR count). The minimum absolute atomic E-state index is 0.764. The molecular formula is C24H26N+. The summed E-state index contributed by atoms with van der Waals surface area (Å²) < 4.78 is 2.25. The zero-order chi connectivity index (χ0) is 17.2. The molecule has 0 amide bonds. The highest BCUT2D eigenvalue weighted by molar-refractivity contribution is 5.66. The first-order chi connectivity index (χ1) is 12.2. The molecule has 0 bridgehead atoms. The number of hydrogen-bond donors (Lipinski definition) is 0. The molecule has 0 spiro atoms. The van der Waals surface area contributed by atoms with Crippen molar-refractivity contribution in [2.75, 3.05) is 0 Å². The minimum atomic E-state index is 0.764. The van der Waals surface area contributed by atoms with Crippen LogP contribution in [-0.4, -0.2) is 0 Å². The maximum atomic E-state index is 2.40. The van der Waals surface area contributed by atoms with E-state index in [1.54, 1.807) is 0 Å². The fourth-order valence-corrected chi connectivity index (χ4v) is 4.15. The number of aryl methyl sites for hydroxylation is 2. The Morgan fingerprint density at radius 2 is 1.64 bits per heavy atom. The van der Waals surface area contributed by atoms with Crippen molar-refractivity contribution >= 4 is 0 Å². The van der Waals surface area contributed by atoms with Crippen LogP contribution in [0, 0.1) is 6.92 Å². The van der Waals surface area contributed by atoms with Crippen molar-refractivity contribution in [1.29, 1.82) is 0 Å². The number of aromatic nitrogens is 1. The Labute approximate surface area is 151 Å². The number of pyridine rings is 1. The molecule has 1 heterocycles. The van der Waals surface area contributed by atoms with Gasteiger partial charge in [-0.3, -0.25) is 0 Å². The van der Waals surface area contributed by atoms with Gasteiger partial charge in [-0.2, -0.15) is 0 Å². The van der Waals surface area contributed by atoms with Gasteiger partial charge in [0.05, 0.1) is 0 Å². The molecule has 0 aliphatic heterocycles. The van der Waals surface area contributed by atoms with Gasteiger partial charge >= 0.3 is 0 Å². The van der Waals surface area contributed by atoms with E-state index in [0.717, 1.165) is 5.92 Å². The van der Waals surface area contributed by atoms with Crippen LogP contribution < -0.4 is 4.57 Å². The van der Waals surface area contributed by atoms with Crippen molar-refractivity contribution < 1.29 is 4.57 Å². The van der Waals surface area contributed by atoms with E-state index in [2.05, 4.69) is 85.4 Å². The second-order valence-corrected chi connectivity index (χ2v) is 7.34. The van der Waals surface area contributed by atoms with Gasteiger partial charge in [-0.15, -0.1) is 0 Å². The summed E-state index contributed by atoms with van der Waals surface area (Å²) in [5.74, 6) is 0.764. The van der Waals surface area contributed by atoms with E-state index < -0.39 is 0 Å². The molecule has 1 fully saturated rings. The largest absolute Gasteiger partial charge is 0.212 e. The molecule has 0 N–H and O–H groups in total. The van der Waals surface area contributed by atoms with E-state index in [9.17, 15) is 0 Å². The van der Waals surface area contributed by atoms with E-state index in [1.807, 2.05) is 0 Å². The summed E-state index contributed by atoms with van der Waals surface area (Å²) in [6.07, 6.45) is 7.73. The lowest BCUT2D eigenvalue weighted by Crippen LogP contribution is -2.30. The Hall–Kier alpha value is -2.41. The maximum absolute atomic E-state index is 2.40. The van der Waals surface area contributed by atoms with Gasteiger partial charge in [0.25, 0.3) is 0 Å². The molecule has 1 nitrogen and oxygen atoms in total. The predicted molar refractivity (Wildman–Crippen MR) is 104 cm³/mol. The fourth-order valence-electron chi connectivity index (χ4n) is 4.15. The Kier molecular flexibility index (Phi) is 4.40. The minimum Gasteiger partial charge on any atom is -0.200 e. The number of rotatable bonds is 3. The molecule has 1 saturated carbocycles. The highest BCUT2D eigenvalue weighted by Gasteiger charge is 2.18. The third-order valence-electron chi connectivity index (χ3n) is 5.60. The van der Waals surface area contributed by atoms with Crippen LogP contribution in [0.2, 0.25) is 0 Å². The van der Waals surface area contributed by atoms with Gasteiger partial charge < -0.3 is 0 Å². The summed E-state index contributed by atoms with van der Waals surface area (Å²) in [6, 6.07) is 22.3. The smallest absolute Gasteiger partial charge is 0.200 e. The summed E-state index contributed by atoms with van der Waals surface area (Å²) in [4.78, 5) is 0. The van der Waals surface area contributed by atoms with Crippen LogP contribution in [0.1, 0.15) is 42.7 Å². The maximum Gasteiger partial charge on any atom is 0.212 e. The van der Waals surface area contributed by atoms with Gasteiger partial charge in [0.15, 0.2) is 6.20 Å². The van der Waals surface area contributed by atoms with Crippen molar-refractivity contribution in [2.24, 2.45) is 7.05 Å². The number of hydrogen-bond acceptors (Lipinski definition) is 0. The van der Waals surface area contributed by atoms with Gasteiger partial charge in [-0.05, 0) is 54.5 Å². The normalized spacial score (nSPS) is 14.8. The van der Waals surface area contributed by atoms with Crippen LogP contribution in [0.5, 0.6) is 0 Å². The molecule has 25 heavy (non-hydrogen) atoms. The molecule has 0 radical (unpaired) electrons. The highest BCUT2D eigenvalue weighted by Crippen LogP contribution is 2.35. The van der Waals surface area contributed by atoms with E-state index in [-0.39, 0.29) is 0 Å². The van der Waals surface area contributed by atoms with Crippen molar-refractivity contribution in [2.45, 2.75) is 38.5 Å². The van der Waals surface area contributed by atoms with Gasteiger partial charge in [0.1, 0.15) is 7.05 Å². The van der Waals surface area contributed by atoms with Crippen LogP contribution in [0.4, 0.5) is 0 Å². The average molecular weight is 328 g/mol. The third-order valence-corrected chi connectivity index (χ3v) is 5.60. The third kappa shape index (κ3) is 3.24. The topological polar surface area (TPSA) is 3.88 Å². The summed E-state index contributed by atoms with van der Waals surface area (Å²) in [6.45, 7) is 2.17. The predicted octanol–water partition coefficient (Wildman–Crippen LogP) is 5.81. The van der Waals surface area contributed by atoms with E-state index >= 15 is 0 Å². The second-order valence-electron chi connectivity index (χ2n) is 7.34. The second kappa shape index (κ2) is 6.84. The first kappa shape index (κ1) is 16.1. The summed E-state index contributed by atoms with van der Waals surface area (Å²) in [7, 11) is 2.14. The molecule has 1 aliphatic carbocycles. The van der Waals surface area contributed by atoms with Crippen molar-refractivity contribution in [3.63, 3.8) is 0 Å². The summed E-state index contributed by atoms with van der Waals surface area (Å²) in [5.41, 5.74) is 8.01. The molecule has 1 aromatic heterocycles. The first-order valence-corrected chi connectivity index (χ1v) is 9.38. The Morgan fingerprint density at radius 1 is 0.840 bits per heavy atom. The number of benzene rings is 2. The molecule has 1 heteroatoms. The van der Waals surface area contributed by atoms with E-state index in [0.29, 0.717) is 0 Å². The lowest BCUT2D eigenvalue weighted by atomic mass is 9.94. The SMILES string of the molecule is Cc1ccccc1-c1ccc(-c2cccc(C3CCCC3)c2)c[n+]1C. The van der Waals surface area contributed by atoms with E-state index in [4.69, 9.17) is 0 Å². The monoisotopic (exact) mass is 328 g/mol. The lowest BCUT2D eigenvalue weighted by molar-refractivity contribution is -0.659. The molecule has 1 aliphatic rings. The Balaban J connectivity index is 1.69. The van der Waals surface area contributed by atoms with Crippen molar-refractivity contribution in [1.82, 2.24) is 0 Å². The first-order valence-electron chi connectivity index (χ1n) is 9.38. The molecule has 0 unspecified atom stereocenters. The Morgan fingerprint density at radius 3 is 2.40 bits per heavy atom. The standard InChI is InChI=1S/C24H26N/c1-18-8-3-6-13-23(18)24-15-14-22(17-25(24)2)21-12-7-11-20(16-21)19-9-4-5-10-19/h3,6-8,11-17,19H,4-5,9-10H2,1-2H3/q+1. The fraction of sp³-hybridized carbons (Fsp3) is 0.292. The summed E-state index contributed by atoms with van der Waals surface area (Å²) in [5, 5.41) is 0. The average Bonchev–Trinajstić information content (AvgIpc) is 3.17. The van der Waals surface area contributed by atoms with Crippen molar-refractivity contribution in [3.05, 3.63) is 78.0 Å². The van der Waals surface area contributed by atoms with Crippen LogP contribution in [-0.2, 0) is 7.05 Å². The molecule has 3 aromatic rings. The molecule has 2 aromatic carbocycles. The molecule has 126 valence electrons. The van der Waals surface area contributed by atoms with Crippen molar-refractivity contribution in [3.8, 4) is 22.4 Å². The Bertz CT molecular complexity index is 888. The summed E-state index contributed by atoms with van der Waals surface area (Å²) >= 11 is 0. The van der Waals surface area contributed by atoms with Gasteiger partial charge in [-0.1, -0.05) is 55.3 Å². The van der Waals surface area contributed by atoms with Crippen LogP contribution in [0.3, 0.4) is 0 Å². The zero-order valence-electron chi connectivity index (χ0n) is 15.2. The highest BCUT2D eigenvalue weighted by atomic mass is 14.9. The molecule has 0 atom stereocenters. The zero-order valence-corrected chi connectivity index (χ0v) is 15.2. The van der Waals surface area contributed by atoms with Crippen LogP contribution in [0.15, 0.2) is 66.9 Å². The van der Waals surface area contributed by atoms with Crippen LogP contribution >= 0.6 is 0 Å². The number of nitrogens with zero attached hydrogens (tertiary/aromatic N) is 1. The molecular weight excluding hydrogens is 302 g/mol. The molecule has 0 saturated heterocycles. The van der Waals surface area contributed by atoms with Gasteiger partial charge in [-0.25, -0.2) is 4.57 Å². The quantitative estimate of drug-likeness (QED) is 0.534. The van der Waals surface area contributed by atoms with Gasteiger partial charge in [0.2, 0.25) is 5.69 Å². The van der Waals surface area contributed by atoms with Crippen LogP contribution in [0.25, 0.3) is 22.4 Å². The van der Waals surface area contributed by atoms with Gasteiger partial charge in [0, 0.05) is 17.2 Å². The van der Waals surface area contributed by atoms with E-state index in [1.165, 1.54) is 59.2 Å².